The van der Waals surface area contributed by atoms with E-state index in [9.17, 15) is 13.2 Å². The van der Waals surface area contributed by atoms with Crippen LogP contribution in [0.3, 0.4) is 0 Å². The number of hydrogen-bond acceptors (Lipinski definition) is 3. The maximum Gasteiger partial charge on any atom is 0.425 e. The first kappa shape index (κ1) is 13.8. The SMILES string of the molecule is Cc1nn(C)c(C)c1OC(CCN)C(F)(F)F. The molecule has 7 heteroatoms. The van der Waals surface area contributed by atoms with Crippen molar-refractivity contribution in [2.24, 2.45) is 12.8 Å². The van der Waals surface area contributed by atoms with E-state index in [-0.39, 0.29) is 18.7 Å². The van der Waals surface area contributed by atoms with Gasteiger partial charge >= 0.3 is 6.18 Å². The van der Waals surface area contributed by atoms with E-state index in [4.69, 9.17) is 10.5 Å². The first-order chi connectivity index (χ1) is 7.77. The molecule has 0 amide bonds. The molecule has 0 aromatic carbocycles. The lowest BCUT2D eigenvalue weighted by atomic mass is 10.2. The first-order valence-corrected chi connectivity index (χ1v) is 5.21. The van der Waals surface area contributed by atoms with Gasteiger partial charge in [-0.1, -0.05) is 0 Å². The van der Waals surface area contributed by atoms with Crippen molar-refractivity contribution >= 4 is 0 Å². The molecule has 1 rings (SSSR count). The van der Waals surface area contributed by atoms with Gasteiger partial charge in [0.05, 0.1) is 5.69 Å². The van der Waals surface area contributed by atoms with Crippen molar-refractivity contribution in [3.63, 3.8) is 0 Å². The largest absolute Gasteiger partial charge is 0.477 e. The fourth-order valence-electron chi connectivity index (χ4n) is 1.51. The van der Waals surface area contributed by atoms with Gasteiger partial charge in [0.2, 0.25) is 0 Å². The molecule has 1 heterocycles. The molecule has 0 saturated carbocycles. The van der Waals surface area contributed by atoms with E-state index in [1.165, 1.54) is 4.68 Å². The van der Waals surface area contributed by atoms with E-state index in [1.807, 2.05) is 0 Å². The zero-order chi connectivity index (χ0) is 13.2. The average Bonchev–Trinajstić information content (AvgIpc) is 2.42. The maximum atomic E-state index is 12.7. The van der Waals surface area contributed by atoms with Crippen LogP contribution in [0.1, 0.15) is 17.8 Å². The van der Waals surface area contributed by atoms with Gasteiger partial charge in [0, 0.05) is 13.5 Å². The molecule has 98 valence electrons. The van der Waals surface area contributed by atoms with E-state index in [1.54, 1.807) is 20.9 Å². The average molecular weight is 251 g/mol. The predicted octanol–water partition coefficient (Wildman–Crippen LogP) is 1.70. The van der Waals surface area contributed by atoms with Crippen LogP contribution >= 0.6 is 0 Å². The Hall–Kier alpha value is -1.24. The van der Waals surface area contributed by atoms with Gasteiger partial charge in [0.25, 0.3) is 0 Å². The number of aromatic nitrogens is 2. The van der Waals surface area contributed by atoms with Crippen molar-refractivity contribution < 1.29 is 17.9 Å². The quantitative estimate of drug-likeness (QED) is 0.886. The normalized spacial score (nSPS) is 13.8. The summed E-state index contributed by atoms with van der Waals surface area (Å²) in [5.41, 5.74) is 6.16. The Labute approximate surface area is 97.5 Å². The number of nitrogens with zero attached hydrogens (tertiary/aromatic N) is 2. The van der Waals surface area contributed by atoms with E-state index in [0.29, 0.717) is 11.4 Å². The molecule has 0 aliphatic rings. The molecule has 0 radical (unpaired) electrons. The molecule has 1 aromatic heterocycles. The predicted molar refractivity (Wildman–Crippen MR) is 56.8 cm³/mol. The highest BCUT2D eigenvalue weighted by molar-refractivity contribution is 5.32. The minimum Gasteiger partial charge on any atom is -0.477 e. The van der Waals surface area contributed by atoms with Crippen molar-refractivity contribution in [1.82, 2.24) is 9.78 Å². The number of nitrogens with two attached hydrogens (primary N) is 1. The van der Waals surface area contributed by atoms with E-state index in [0.717, 1.165) is 0 Å². The Morgan fingerprint density at radius 2 is 2.00 bits per heavy atom. The lowest BCUT2D eigenvalue weighted by Crippen LogP contribution is -2.36. The van der Waals surface area contributed by atoms with Gasteiger partial charge in [-0.2, -0.15) is 18.3 Å². The summed E-state index contributed by atoms with van der Waals surface area (Å²) in [5.74, 6) is 0.184. The molecule has 0 aliphatic carbocycles. The molecule has 0 saturated heterocycles. The van der Waals surface area contributed by atoms with Crippen LogP contribution in [0.15, 0.2) is 0 Å². The van der Waals surface area contributed by atoms with E-state index >= 15 is 0 Å². The summed E-state index contributed by atoms with van der Waals surface area (Å²) in [5, 5.41) is 4.00. The number of alkyl halides is 3. The van der Waals surface area contributed by atoms with Gasteiger partial charge in [0.15, 0.2) is 11.9 Å². The second-order valence-corrected chi connectivity index (χ2v) is 3.85. The van der Waals surface area contributed by atoms with Gasteiger partial charge in [-0.05, 0) is 20.4 Å². The highest BCUT2D eigenvalue weighted by Gasteiger charge is 2.41. The standard InChI is InChI=1S/C10H16F3N3O/c1-6-9(7(2)16(3)15-6)17-8(4-5-14)10(11,12)13/h8H,4-5,14H2,1-3H3. The monoisotopic (exact) mass is 251 g/mol. The maximum absolute atomic E-state index is 12.7. The summed E-state index contributed by atoms with van der Waals surface area (Å²) in [7, 11) is 1.65. The van der Waals surface area contributed by atoms with Crippen molar-refractivity contribution in [2.75, 3.05) is 6.54 Å². The molecule has 1 atom stereocenters. The van der Waals surface area contributed by atoms with Crippen LogP contribution in [0, 0.1) is 13.8 Å². The van der Waals surface area contributed by atoms with Crippen molar-refractivity contribution in [1.29, 1.82) is 0 Å². The number of ether oxygens (including phenoxy) is 1. The summed E-state index contributed by atoms with van der Waals surface area (Å²) in [6, 6.07) is 0. The topological polar surface area (TPSA) is 53.1 Å². The Balaban J connectivity index is 2.94. The minimum atomic E-state index is -4.42. The highest BCUT2D eigenvalue weighted by Crippen LogP contribution is 2.30. The number of hydrogen-bond donors (Lipinski definition) is 1. The van der Waals surface area contributed by atoms with Crippen molar-refractivity contribution in [3.8, 4) is 5.75 Å². The minimum absolute atomic E-state index is 0.0808. The third-order valence-electron chi connectivity index (χ3n) is 2.50. The first-order valence-electron chi connectivity index (χ1n) is 5.21. The second-order valence-electron chi connectivity index (χ2n) is 3.85. The van der Waals surface area contributed by atoms with Gasteiger partial charge in [-0.25, -0.2) is 0 Å². The summed E-state index contributed by atoms with van der Waals surface area (Å²) < 4.78 is 44.5. The molecule has 0 aliphatic heterocycles. The third-order valence-corrected chi connectivity index (χ3v) is 2.50. The Kier molecular flexibility index (Phi) is 4.03. The number of rotatable bonds is 4. The summed E-state index contributed by atoms with van der Waals surface area (Å²) in [4.78, 5) is 0. The molecule has 17 heavy (non-hydrogen) atoms. The van der Waals surface area contributed by atoms with Crippen LogP contribution in [0.4, 0.5) is 13.2 Å². The van der Waals surface area contributed by atoms with Gasteiger partial charge in [-0.15, -0.1) is 0 Å². The summed E-state index contributed by atoms with van der Waals surface area (Å²) in [6.07, 6.45) is -6.57. The zero-order valence-electron chi connectivity index (χ0n) is 10.0. The van der Waals surface area contributed by atoms with Gasteiger partial charge < -0.3 is 10.5 Å². The van der Waals surface area contributed by atoms with Crippen molar-refractivity contribution in [2.45, 2.75) is 32.5 Å². The Bertz CT molecular complexity index is 387. The molecule has 0 fully saturated rings. The molecule has 1 unspecified atom stereocenters. The van der Waals surface area contributed by atoms with Crippen LogP contribution < -0.4 is 10.5 Å². The fraction of sp³-hybridized carbons (Fsp3) is 0.700. The number of halogens is 3. The molecule has 1 aromatic rings. The molecule has 4 nitrogen and oxygen atoms in total. The van der Waals surface area contributed by atoms with Crippen LogP contribution in [-0.2, 0) is 7.05 Å². The summed E-state index contributed by atoms with van der Waals surface area (Å²) in [6.45, 7) is 3.19. The van der Waals surface area contributed by atoms with Crippen LogP contribution in [0.5, 0.6) is 5.75 Å². The smallest absolute Gasteiger partial charge is 0.425 e. The lowest BCUT2D eigenvalue weighted by Gasteiger charge is -2.21. The molecule has 0 spiro atoms. The fourth-order valence-corrected chi connectivity index (χ4v) is 1.51. The van der Waals surface area contributed by atoms with Gasteiger partial charge in [-0.3, -0.25) is 4.68 Å². The Morgan fingerprint density at radius 3 is 2.35 bits per heavy atom. The van der Waals surface area contributed by atoms with Crippen LogP contribution in [0.2, 0.25) is 0 Å². The third kappa shape index (κ3) is 3.12. The number of aryl methyl sites for hydroxylation is 2. The van der Waals surface area contributed by atoms with Crippen LogP contribution in [-0.4, -0.2) is 28.6 Å². The van der Waals surface area contributed by atoms with E-state index in [2.05, 4.69) is 5.10 Å². The molecular weight excluding hydrogens is 235 g/mol. The van der Waals surface area contributed by atoms with Gasteiger partial charge in [0.1, 0.15) is 5.69 Å². The highest BCUT2D eigenvalue weighted by atomic mass is 19.4. The second kappa shape index (κ2) is 4.95. The lowest BCUT2D eigenvalue weighted by molar-refractivity contribution is -0.196. The molecule has 0 bridgehead atoms. The zero-order valence-corrected chi connectivity index (χ0v) is 10.0. The Morgan fingerprint density at radius 1 is 1.41 bits per heavy atom. The summed E-state index contributed by atoms with van der Waals surface area (Å²) >= 11 is 0. The molecule has 2 N–H and O–H groups in total. The van der Waals surface area contributed by atoms with E-state index < -0.39 is 12.3 Å². The van der Waals surface area contributed by atoms with Crippen molar-refractivity contribution in [3.05, 3.63) is 11.4 Å². The van der Waals surface area contributed by atoms with Crippen LogP contribution in [0.25, 0.3) is 0 Å². The molecular formula is C10H16F3N3O.